The van der Waals surface area contributed by atoms with Crippen LogP contribution in [0, 0.1) is 0 Å². The second-order valence-electron chi connectivity index (χ2n) is 3.96. The summed E-state index contributed by atoms with van der Waals surface area (Å²) in [4.78, 5) is 13.3. The van der Waals surface area contributed by atoms with Gasteiger partial charge in [0.2, 0.25) is 0 Å². The van der Waals surface area contributed by atoms with Gasteiger partial charge in [-0.25, -0.2) is 4.79 Å². The maximum atomic E-state index is 11.4. The maximum absolute atomic E-state index is 11.4. The largest absolute Gasteiger partial charge is 0.493 e. The van der Waals surface area contributed by atoms with E-state index in [1.807, 2.05) is 31.1 Å². The van der Waals surface area contributed by atoms with Gasteiger partial charge in [0.15, 0.2) is 18.1 Å². The van der Waals surface area contributed by atoms with E-state index in [0.717, 1.165) is 0 Å². The summed E-state index contributed by atoms with van der Waals surface area (Å²) in [5.41, 5.74) is 0. The number of rotatable bonds is 7. The van der Waals surface area contributed by atoms with Crippen molar-refractivity contribution < 1.29 is 19.0 Å². The summed E-state index contributed by atoms with van der Waals surface area (Å²) in [6, 6.07) is 7.16. The first-order valence-electron chi connectivity index (χ1n) is 5.69. The average Bonchev–Trinajstić information content (AvgIpc) is 2.36. The Kier molecular flexibility index (Phi) is 8.74. The topological polar surface area (TPSA) is 48.0 Å². The van der Waals surface area contributed by atoms with Crippen LogP contribution in [0.1, 0.15) is 0 Å². The number of nitrogens with zero attached hydrogens (tertiary/aromatic N) is 1. The highest BCUT2D eigenvalue weighted by molar-refractivity contribution is 5.85. The van der Waals surface area contributed by atoms with Gasteiger partial charge in [-0.2, -0.15) is 0 Å². The Morgan fingerprint density at radius 3 is 2.42 bits per heavy atom. The van der Waals surface area contributed by atoms with E-state index in [-0.39, 0.29) is 25.0 Å². The molecule has 0 aliphatic carbocycles. The number of ether oxygens (including phenoxy) is 3. The van der Waals surface area contributed by atoms with Crippen LogP contribution in [0.15, 0.2) is 24.3 Å². The molecule has 0 fully saturated rings. The van der Waals surface area contributed by atoms with Gasteiger partial charge in [0.25, 0.3) is 0 Å². The first-order chi connectivity index (χ1) is 8.63. The number of benzene rings is 1. The third kappa shape index (κ3) is 6.88. The van der Waals surface area contributed by atoms with Gasteiger partial charge in [0.05, 0.1) is 7.11 Å². The molecular formula is C13H20ClNO4. The fraction of sp³-hybridized carbons (Fsp3) is 0.462. The van der Waals surface area contributed by atoms with Crippen LogP contribution in [0.4, 0.5) is 0 Å². The summed E-state index contributed by atoms with van der Waals surface area (Å²) in [7, 11) is 5.38. The summed E-state index contributed by atoms with van der Waals surface area (Å²) >= 11 is 0. The monoisotopic (exact) mass is 289 g/mol. The van der Waals surface area contributed by atoms with Crippen LogP contribution < -0.4 is 9.47 Å². The minimum atomic E-state index is -0.386. The zero-order valence-corrected chi connectivity index (χ0v) is 12.2. The van der Waals surface area contributed by atoms with Crippen molar-refractivity contribution in [2.24, 2.45) is 0 Å². The molecule has 0 amide bonds. The van der Waals surface area contributed by atoms with Gasteiger partial charge < -0.3 is 19.1 Å². The molecule has 0 bridgehead atoms. The Morgan fingerprint density at radius 2 is 1.84 bits per heavy atom. The summed E-state index contributed by atoms with van der Waals surface area (Å²) < 4.78 is 15.4. The molecule has 0 radical (unpaired) electrons. The molecule has 0 aliphatic rings. The van der Waals surface area contributed by atoms with Crippen molar-refractivity contribution in [1.29, 1.82) is 0 Å². The first kappa shape index (κ1) is 17.5. The molecule has 0 N–H and O–H groups in total. The van der Waals surface area contributed by atoms with Crippen molar-refractivity contribution in [3.63, 3.8) is 0 Å². The van der Waals surface area contributed by atoms with Gasteiger partial charge in [0, 0.05) is 6.54 Å². The molecule has 0 aromatic heterocycles. The second kappa shape index (κ2) is 9.47. The number of hydrogen-bond donors (Lipinski definition) is 0. The van der Waals surface area contributed by atoms with Crippen LogP contribution in [0.25, 0.3) is 0 Å². The highest BCUT2D eigenvalue weighted by Crippen LogP contribution is 2.25. The Labute approximate surface area is 119 Å². The van der Waals surface area contributed by atoms with E-state index >= 15 is 0 Å². The fourth-order valence-electron chi connectivity index (χ4n) is 1.26. The minimum Gasteiger partial charge on any atom is -0.493 e. The quantitative estimate of drug-likeness (QED) is 0.714. The zero-order chi connectivity index (χ0) is 13.4. The molecule has 1 aromatic carbocycles. The summed E-state index contributed by atoms with van der Waals surface area (Å²) in [6.07, 6.45) is 0. The Balaban J connectivity index is 0.00000324. The normalized spacial score (nSPS) is 9.68. The predicted molar refractivity (Wildman–Crippen MR) is 75.3 cm³/mol. The number of carbonyl (C=O) groups is 1. The molecular weight excluding hydrogens is 270 g/mol. The zero-order valence-electron chi connectivity index (χ0n) is 11.4. The summed E-state index contributed by atoms with van der Waals surface area (Å²) in [5.74, 6) is 0.742. The number of hydrogen-bond acceptors (Lipinski definition) is 5. The Hall–Kier alpha value is -1.46. The molecule has 0 saturated heterocycles. The van der Waals surface area contributed by atoms with E-state index in [1.54, 1.807) is 19.2 Å². The third-order valence-electron chi connectivity index (χ3n) is 2.22. The summed E-state index contributed by atoms with van der Waals surface area (Å²) in [5, 5.41) is 0. The number of halogens is 1. The summed E-state index contributed by atoms with van der Waals surface area (Å²) in [6.45, 7) is 0.940. The van der Waals surface area contributed by atoms with E-state index in [4.69, 9.17) is 14.2 Å². The van der Waals surface area contributed by atoms with Gasteiger partial charge in [-0.15, -0.1) is 12.4 Å². The molecule has 6 heteroatoms. The van der Waals surface area contributed by atoms with Crippen molar-refractivity contribution in [3.8, 4) is 11.5 Å². The molecule has 19 heavy (non-hydrogen) atoms. The van der Waals surface area contributed by atoms with E-state index in [9.17, 15) is 4.79 Å². The second-order valence-corrected chi connectivity index (χ2v) is 3.96. The molecule has 5 nitrogen and oxygen atoms in total. The van der Waals surface area contributed by atoms with Gasteiger partial charge in [-0.05, 0) is 26.2 Å². The SMILES string of the molecule is COc1ccccc1OCC(=O)OCCN(C)C.Cl. The van der Waals surface area contributed by atoms with Gasteiger partial charge in [-0.3, -0.25) is 0 Å². The molecule has 1 aromatic rings. The lowest BCUT2D eigenvalue weighted by Crippen LogP contribution is -2.22. The maximum Gasteiger partial charge on any atom is 0.344 e. The molecule has 1 rings (SSSR count). The number of esters is 1. The smallest absolute Gasteiger partial charge is 0.344 e. The van der Waals surface area contributed by atoms with E-state index < -0.39 is 0 Å². The Bertz CT molecular complexity index is 385. The van der Waals surface area contributed by atoms with Crippen LogP contribution in [0.3, 0.4) is 0 Å². The van der Waals surface area contributed by atoms with Gasteiger partial charge >= 0.3 is 5.97 Å². The lowest BCUT2D eigenvalue weighted by Gasteiger charge is -2.11. The van der Waals surface area contributed by atoms with Crippen LogP contribution in [-0.4, -0.2) is 51.8 Å². The number of methoxy groups -OCH3 is 1. The van der Waals surface area contributed by atoms with Crippen molar-refractivity contribution >= 4 is 18.4 Å². The fourth-order valence-corrected chi connectivity index (χ4v) is 1.26. The molecule has 0 spiro atoms. The Morgan fingerprint density at radius 1 is 1.21 bits per heavy atom. The van der Waals surface area contributed by atoms with Crippen LogP contribution in [-0.2, 0) is 9.53 Å². The van der Waals surface area contributed by atoms with Crippen LogP contribution in [0.2, 0.25) is 0 Å². The standard InChI is InChI=1S/C13H19NO4.ClH/c1-14(2)8-9-17-13(15)10-18-12-7-5-4-6-11(12)16-3;/h4-7H,8-10H2,1-3H3;1H. The molecule has 0 saturated carbocycles. The van der Waals surface area contributed by atoms with E-state index in [0.29, 0.717) is 24.7 Å². The van der Waals surface area contributed by atoms with Gasteiger partial charge in [-0.1, -0.05) is 12.1 Å². The number of carbonyl (C=O) groups excluding carboxylic acids is 1. The number of para-hydroxylation sites is 2. The average molecular weight is 290 g/mol. The lowest BCUT2D eigenvalue weighted by molar-refractivity contribution is -0.146. The highest BCUT2D eigenvalue weighted by atomic mass is 35.5. The van der Waals surface area contributed by atoms with E-state index in [1.165, 1.54) is 0 Å². The molecule has 0 aliphatic heterocycles. The van der Waals surface area contributed by atoms with Crippen LogP contribution >= 0.6 is 12.4 Å². The number of likely N-dealkylation sites (N-methyl/N-ethyl adjacent to an activating group) is 1. The first-order valence-corrected chi connectivity index (χ1v) is 5.69. The molecule has 0 atom stereocenters. The third-order valence-corrected chi connectivity index (χ3v) is 2.22. The highest BCUT2D eigenvalue weighted by Gasteiger charge is 2.07. The van der Waals surface area contributed by atoms with Gasteiger partial charge in [0.1, 0.15) is 6.61 Å². The van der Waals surface area contributed by atoms with Crippen molar-refractivity contribution in [1.82, 2.24) is 4.90 Å². The lowest BCUT2D eigenvalue weighted by atomic mass is 10.3. The predicted octanol–water partition coefficient (Wildman–Crippen LogP) is 1.60. The van der Waals surface area contributed by atoms with Crippen molar-refractivity contribution in [2.75, 3.05) is 41.0 Å². The van der Waals surface area contributed by atoms with Crippen molar-refractivity contribution in [3.05, 3.63) is 24.3 Å². The minimum absolute atomic E-state index is 0. The molecule has 0 heterocycles. The molecule has 108 valence electrons. The molecule has 0 unspecified atom stereocenters. The van der Waals surface area contributed by atoms with Crippen molar-refractivity contribution in [2.45, 2.75) is 0 Å². The van der Waals surface area contributed by atoms with Crippen LogP contribution in [0.5, 0.6) is 11.5 Å². The van der Waals surface area contributed by atoms with E-state index in [2.05, 4.69) is 0 Å².